The molecule has 0 aliphatic rings. The number of ether oxygens (including phenoxy) is 3. The Balaban J connectivity index is 1.87. The molecule has 0 atom stereocenters. The van der Waals surface area contributed by atoms with Gasteiger partial charge in [-0.3, -0.25) is 0 Å². The lowest BCUT2D eigenvalue weighted by Gasteiger charge is -2.12. The minimum absolute atomic E-state index is 0.481. The molecule has 0 heterocycles. The fraction of sp³-hybridized carbons (Fsp3) is 0.160. The first-order chi connectivity index (χ1) is 14.0. The fourth-order valence-electron chi connectivity index (χ4n) is 2.78. The summed E-state index contributed by atoms with van der Waals surface area (Å²) in [7, 11) is 1.64. The van der Waals surface area contributed by atoms with Gasteiger partial charge in [-0.1, -0.05) is 24.3 Å². The van der Waals surface area contributed by atoms with Gasteiger partial charge in [-0.2, -0.15) is 0 Å². The van der Waals surface area contributed by atoms with Gasteiger partial charge in [0.05, 0.1) is 19.1 Å². The van der Waals surface area contributed by atoms with Crippen molar-refractivity contribution in [1.29, 1.82) is 0 Å². The van der Waals surface area contributed by atoms with Crippen LogP contribution in [0.5, 0.6) is 17.2 Å². The third-order valence-electron chi connectivity index (χ3n) is 4.17. The number of hydrogen-bond acceptors (Lipinski definition) is 4. The molecule has 3 aromatic carbocycles. The van der Waals surface area contributed by atoms with Crippen molar-refractivity contribution < 1.29 is 14.2 Å². The van der Waals surface area contributed by atoms with Crippen LogP contribution in [0.3, 0.4) is 0 Å². The van der Waals surface area contributed by atoms with Crippen LogP contribution in [0.1, 0.15) is 18.1 Å². The second-order valence-electron chi connectivity index (χ2n) is 6.77. The Labute approximate surface area is 172 Å². The molecule has 3 rings (SSSR count). The number of methoxy groups -OCH3 is 1. The molecule has 4 nitrogen and oxygen atoms in total. The Bertz CT molecular complexity index is 986. The van der Waals surface area contributed by atoms with E-state index in [0.717, 1.165) is 33.9 Å². The van der Waals surface area contributed by atoms with Gasteiger partial charge in [0.25, 0.3) is 0 Å². The molecule has 0 unspecified atom stereocenters. The van der Waals surface area contributed by atoms with Crippen LogP contribution in [0, 0.1) is 13.8 Å². The molecule has 148 valence electrons. The minimum atomic E-state index is 0.481. The maximum atomic E-state index is 6.15. The summed E-state index contributed by atoms with van der Waals surface area (Å²) in [6.45, 7) is 6.00. The van der Waals surface area contributed by atoms with Gasteiger partial charge in [-0.15, -0.1) is 0 Å². The molecule has 0 aliphatic heterocycles. The van der Waals surface area contributed by atoms with Gasteiger partial charge < -0.3 is 14.2 Å². The molecule has 29 heavy (non-hydrogen) atoms. The van der Waals surface area contributed by atoms with E-state index in [0.29, 0.717) is 11.6 Å². The molecule has 0 fully saturated rings. The lowest BCUT2D eigenvalue weighted by Crippen LogP contribution is -2.11. The van der Waals surface area contributed by atoms with Gasteiger partial charge in [0.1, 0.15) is 17.2 Å². The molecule has 0 amide bonds. The van der Waals surface area contributed by atoms with Crippen molar-refractivity contribution in [3.63, 3.8) is 0 Å². The van der Waals surface area contributed by atoms with Crippen molar-refractivity contribution in [2.75, 3.05) is 7.11 Å². The number of hydrogen-bond donors (Lipinski definition) is 0. The summed E-state index contributed by atoms with van der Waals surface area (Å²) in [5.74, 6) is 2.71. The molecule has 4 heteroatoms. The molecular weight excluding hydrogens is 362 g/mol. The standard InChI is InChI=1S/C25H25NO3/c1-18-14-19(2)16-24(15-18)29-25(26-21-8-6-5-7-9-21)20(3)17-28-23-12-10-22(27-4)11-13-23/h5-17H,1-4H3/b20-17?,26-25+. The predicted octanol–water partition coefficient (Wildman–Crippen LogP) is 6.40. The molecule has 0 bridgehead atoms. The van der Waals surface area contributed by atoms with Crippen molar-refractivity contribution >= 4 is 11.6 Å². The van der Waals surface area contributed by atoms with Gasteiger partial charge in [0.2, 0.25) is 5.90 Å². The van der Waals surface area contributed by atoms with Crippen LogP contribution in [0.15, 0.2) is 89.6 Å². The van der Waals surface area contributed by atoms with Crippen LogP contribution in [0.25, 0.3) is 0 Å². The van der Waals surface area contributed by atoms with E-state index in [4.69, 9.17) is 14.2 Å². The van der Waals surface area contributed by atoms with Crippen molar-refractivity contribution in [1.82, 2.24) is 0 Å². The minimum Gasteiger partial charge on any atom is -0.497 e. The van der Waals surface area contributed by atoms with E-state index in [1.165, 1.54) is 0 Å². The summed E-state index contributed by atoms with van der Waals surface area (Å²) >= 11 is 0. The molecule has 0 aromatic heterocycles. The Kier molecular flexibility index (Phi) is 6.69. The van der Waals surface area contributed by atoms with E-state index in [2.05, 4.69) is 11.1 Å². The highest BCUT2D eigenvalue weighted by Gasteiger charge is 2.09. The Morgan fingerprint density at radius 2 is 1.41 bits per heavy atom. The molecule has 0 saturated carbocycles. The van der Waals surface area contributed by atoms with Crippen LogP contribution in [0.4, 0.5) is 5.69 Å². The van der Waals surface area contributed by atoms with E-state index in [1.54, 1.807) is 13.4 Å². The van der Waals surface area contributed by atoms with Gasteiger partial charge >= 0.3 is 0 Å². The Morgan fingerprint density at radius 3 is 2.03 bits per heavy atom. The summed E-state index contributed by atoms with van der Waals surface area (Å²) in [6, 6.07) is 23.2. The number of aliphatic imine (C=N–C) groups is 1. The number of rotatable bonds is 6. The highest BCUT2D eigenvalue weighted by molar-refractivity contribution is 5.96. The summed E-state index contributed by atoms with van der Waals surface area (Å²) in [5.41, 5.74) is 3.85. The first-order valence-corrected chi connectivity index (χ1v) is 9.41. The lowest BCUT2D eigenvalue weighted by atomic mass is 10.1. The Hall–Kier alpha value is -3.53. The molecule has 0 N–H and O–H groups in total. The van der Waals surface area contributed by atoms with Crippen LogP contribution in [0.2, 0.25) is 0 Å². The van der Waals surface area contributed by atoms with Gasteiger partial charge in [-0.05, 0) is 80.4 Å². The van der Waals surface area contributed by atoms with Crippen molar-refractivity contribution in [2.24, 2.45) is 4.99 Å². The zero-order valence-electron chi connectivity index (χ0n) is 17.2. The highest BCUT2D eigenvalue weighted by atomic mass is 16.5. The van der Waals surface area contributed by atoms with E-state index >= 15 is 0 Å². The number of para-hydroxylation sites is 1. The zero-order chi connectivity index (χ0) is 20.6. The van der Waals surface area contributed by atoms with Crippen LogP contribution >= 0.6 is 0 Å². The van der Waals surface area contributed by atoms with Crippen LogP contribution < -0.4 is 14.2 Å². The number of aryl methyl sites for hydroxylation is 2. The molecule has 0 saturated heterocycles. The third-order valence-corrected chi connectivity index (χ3v) is 4.17. The summed E-state index contributed by atoms with van der Waals surface area (Å²) in [6.07, 6.45) is 1.65. The number of nitrogens with zero attached hydrogens (tertiary/aromatic N) is 1. The maximum Gasteiger partial charge on any atom is 0.225 e. The molecule has 3 aromatic rings. The molecule has 0 aliphatic carbocycles. The van der Waals surface area contributed by atoms with Crippen molar-refractivity contribution in [2.45, 2.75) is 20.8 Å². The summed E-state index contributed by atoms with van der Waals surface area (Å²) < 4.78 is 17.1. The first kappa shape index (κ1) is 20.2. The van der Waals surface area contributed by atoms with Crippen LogP contribution in [-0.2, 0) is 0 Å². The molecule has 0 radical (unpaired) electrons. The van der Waals surface area contributed by atoms with E-state index in [1.807, 2.05) is 87.5 Å². The van der Waals surface area contributed by atoms with Crippen LogP contribution in [-0.4, -0.2) is 13.0 Å². The highest BCUT2D eigenvalue weighted by Crippen LogP contribution is 2.21. The normalized spacial score (nSPS) is 11.9. The van der Waals surface area contributed by atoms with Gasteiger partial charge in [0, 0.05) is 5.57 Å². The SMILES string of the molecule is COc1ccc(OC=C(C)/C(=N\c2ccccc2)Oc2cc(C)cc(C)c2)cc1. The van der Waals surface area contributed by atoms with Crippen molar-refractivity contribution in [3.8, 4) is 17.2 Å². The zero-order valence-corrected chi connectivity index (χ0v) is 17.2. The third kappa shape index (κ3) is 5.98. The van der Waals surface area contributed by atoms with Gasteiger partial charge in [0.15, 0.2) is 0 Å². The topological polar surface area (TPSA) is 40.0 Å². The largest absolute Gasteiger partial charge is 0.497 e. The van der Waals surface area contributed by atoms with Gasteiger partial charge in [-0.25, -0.2) is 4.99 Å². The fourth-order valence-corrected chi connectivity index (χ4v) is 2.78. The van der Waals surface area contributed by atoms with E-state index in [-0.39, 0.29) is 0 Å². The second-order valence-corrected chi connectivity index (χ2v) is 6.77. The Morgan fingerprint density at radius 1 is 0.793 bits per heavy atom. The number of benzene rings is 3. The monoisotopic (exact) mass is 387 g/mol. The first-order valence-electron chi connectivity index (χ1n) is 9.41. The van der Waals surface area contributed by atoms with E-state index in [9.17, 15) is 0 Å². The molecule has 0 spiro atoms. The smallest absolute Gasteiger partial charge is 0.225 e. The second kappa shape index (κ2) is 9.60. The van der Waals surface area contributed by atoms with E-state index < -0.39 is 0 Å². The summed E-state index contributed by atoms with van der Waals surface area (Å²) in [4.78, 5) is 4.68. The van der Waals surface area contributed by atoms with Crippen molar-refractivity contribution in [3.05, 3.63) is 95.8 Å². The average molecular weight is 387 g/mol. The average Bonchev–Trinajstić information content (AvgIpc) is 2.72. The maximum absolute atomic E-state index is 6.15. The summed E-state index contributed by atoms with van der Waals surface area (Å²) in [5, 5.41) is 0. The predicted molar refractivity (Wildman–Crippen MR) is 117 cm³/mol. The quantitative estimate of drug-likeness (QED) is 0.279. The lowest BCUT2D eigenvalue weighted by molar-refractivity contribution is 0.412. The molecular formula is C25H25NO3.